The Hall–Kier alpha value is -4.51. The number of pyridine rings is 1. The Bertz CT molecular complexity index is 1610. The number of furan rings is 1. The van der Waals surface area contributed by atoms with Crippen molar-refractivity contribution in [2.24, 2.45) is 0 Å². The van der Waals surface area contributed by atoms with Crippen LogP contribution in [-0.2, 0) is 19.6 Å². The van der Waals surface area contributed by atoms with E-state index < -0.39 is 0 Å². The van der Waals surface area contributed by atoms with E-state index in [-0.39, 0.29) is 24.2 Å². The molecular formula is C27H25FN6O4. The van der Waals surface area contributed by atoms with Crippen molar-refractivity contribution in [1.82, 2.24) is 30.1 Å². The van der Waals surface area contributed by atoms with E-state index in [1.165, 1.54) is 12.1 Å². The Morgan fingerprint density at radius 3 is 2.68 bits per heavy atom. The van der Waals surface area contributed by atoms with Crippen molar-refractivity contribution in [3.8, 4) is 11.5 Å². The van der Waals surface area contributed by atoms with E-state index >= 15 is 0 Å². The Morgan fingerprint density at radius 1 is 1.11 bits per heavy atom. The van der Waals surface area contributed by atoms with Crippen LogP contribution in [0, 0.1) is 5.82 Å². The molecule has 1 N–H and O–H groups in total. The Kier molecular flexibility index (Phi) is 6.34. The molecule has 1 aliphatic rings. The Balaban J connectivity index is 1.35. The number of fused-ring (bicyclic) bond motifs is 2. The number of nitrogens with zero attached hydrogens (tertiary/aromatic N) is 5. The molecule has 1 atom stereocenters. The maximum atomic E-state index is 13.4. The highest BCUT2D eigenvalue weighted by molar-refractivity contribution is 5.83. The summed E-state index contributed by atoms with van der Waals surface area (Å²) in [6.07, 6.45) is 2.30. The fourth-order valence-corrected chi connectivity index (χ4v) is 4.79. The van der Waals surface area contributed by atoms with Crippen molar-refractivity contribution in [3.05, 3.63) is 99.7 Å². The molecule has 0 spiro atoms. The van der Waals surface area contributed by atoms with Crippen molar-refractivity contribution in [2.75, 3.05) is 6.79 Å². The second-order valence-electron chi connectivity index (χ2n) is 9.15. The van der Waals surface area contributed by atoms with E-state index in [4.69, 9.17) is 13.9 Å². The van der Waals surface area contributed by atoms with Gasteiger partial charge >= 0.3 is 0 Å². The van der Waals surface area contributed by atoms with Crippen LogP contribution < -0.4 is 15.0 Å². The molecule has 1 aliphatic heterocycles. The summed E-state index contributed by atoms with van der Waals surface area (Å²) in [5, 5.41) is 13.3. The maximum Gasteiger partial charge on any atom is 0.252 e. The summed E-state index contributed by atoms with van der Waals surface area (Å²) in [6, 6.07) is 15.3. The molecular weight excluding hydrogens is 491 g/mol. The van der Waals surface area contributed by atoms with Gasteiger partial charge in [-0.25, -0.2) is 9.07 Å². The summed E-state index contributed by atoms with van der Waals surface area (Å²) < 4.78 is 31.7. The van der Waals surface area contributed by atoms with Crippen LogP contribution in [0.2, 0.25) is 0 Å². The summed E-state index contributed by atoms with van der Waals surface area (Å²) in [5.74, 6) is 2.35. The molecule has 0 aliphatic carbocycles. The highest BCUT2D eigenvalue weighted by Gasteiger charge is 2.27. The Morgan fingerprint density at radius 2 is 1.92 bits per heavy atom. The summed E-state index contributed by atoms with van der Waals surface area (Å²) in [5.41, 5.74) is 1.94. The smallest absolute Gasteiger partial charge is 0.252 e. The summed E-state index contributed by atoms with van der Waals surface area (Å²) in [6.45, 7) is 3.35. The zero-order valence-electron chi connectivity index (χ0n) is 20.6. The molecule has 0 amide bonds. The monoisotopic (exact) mass is 516 g/mol. The predicted octanol–water partition coefficient (Wildman–Crippen LogP) is 4.18. The zero-order chi connectivity index (χ0) is 26.1. The van der Waals surface area contributed by atoms with E-state index in [1.807, 2.05) is 31.2 Å². The van der Waals surface area contributed by atoms with Crippen molar-refractivity contribution in [1.29, 1.82) is 0 Å². The number of tetrazole rings is 1. The van der Waals surface area contributed by atoms with Crippen molar-refractivity contribution >= 4 is 10.9 Å². The lowest BCUT2D eigenvalue weighted by Crippen LogP contribution is -2.32. The van der Waals surface area contributed by atoms with Gasteiger partial charge in [0.05, 0.1) is 30.9 Å². The number of aromatic amines is 1. The topological polar surface area (TPSA) is 111 Å². The SMILES string of the molecule is CCC(c1nnnn1Cc1ccc(F)cc1)N(Cc1ccco1)Cc1cc2cc3c(cc2[nH]c1=O)OCO3. The van der Waals surface area contributed by atoms with E-state index in [2.05, 4.69) is 25.4 Å². The van der Waals surface area contributed by atoms with E-state index in [0.29, 0.717) is 54.5 Å². The minimum absolute atomic E-state index is 0.157. The van der Waals surface area contributed by atoms with Gasteiger partial charge in [0.25, 0.3) is 5.56 Å². The van der Waals surface area contributed by atoms with Gasteiger partial charge in [0, 0.05) is 23.6 Å². The lowest BCUT2D eigenvalue weighted by Gasteiger charge is -2.29. The number of nitrogens with one attached hydrogen (secondary N) is 1. The van der Waals surface area contributed by atoms with Gasteiger partial charge in [0.15, 0.2) is 17.3 Å². The van der Waals surface area contributed by atoms with E-state index in [9.17, 15) is 9.18 Å². The van der Waals surface area contributed by atoms with Crippen LogP contribution in [0.25, 0.3) is 10.9 Å². The van der Waals surface area contributed by atoms with Crippen molar-refractivity contribution < 1.29 is 18.3 Å². The first-order chi connectivity index (χ1) is 18.6. The van der Waals surface area contributed by atoms with Gasteiger partial charge in [-0.15, -0.1) is 5.10 Å². The van der Waals surface area contributed by atoms with Gasteiger partial charge in [-0.3, -0.25) is 9.69 Å². The molecule has 5 aromatic rings. The number of benzene rings is 2. The largest absolute Gasteiger partial charge is 0.468 e. The molecule has 0 fully saturated rings. The summed E-state index contributed by atoms with van der Waals surface area (Å²) in [4.78, 5) is 18.2. The molecule has 0 saturated carbocycles. The number of halogens is 1. The number of aromatic nitrogens is 5. The first-order valence-electron chi connectivity index (χ1n) is 12.3. The van der Waals surface area contributed by atoms with Crippen molar-refractivity contribution in [2.45, 2.75) is 39.0 Å². The third-order valence-corrected chi connectivity index (χ3v) is 6.66. The zero-order valence-corrected chi connectivity index (χ0v) is 20.6. The number of ether oxygens (including phenoxy) is 2. The van der Waals surface area contributed by atoms with Gasteiger partial charge in [0.1, 0.15) is 11.6 Å². The molecule has 4 heterocycles. The van der Waals surface area contributed by atoms with Crippen LogP contribution in [0.5, 0.6) is 11.5 Å². The molecule has 6 rings (SSSR count). The first-order valence-corrected chi connectivity index (χ1v) is 12.3. The van der Waals surface area contributed by atoms with Crippen molar-refractivity contribution in [3.63, 3.8) is 0 Å². The van der Waals surface area contributed by atoms with Gasteiger partial charge in [-0.2, -0.15) is 0 Å². The quantitative estimate of drug-likeness (QED) is 0.311. The third kappa shape index (κ3) is 4.75. The molecule has 1 unspecified atom stereocenters. The lowest BCUT2D eigenvalue weighted by atomic mass is 10.1. The second kappa shape index (κ2) is 10.1. The first kappa shape index (κ1) is 23.9. The number of hydrogen-bond donors (Lipinski definition) is 1. The predicted molar refractivity (Wildman–Crippen MR) is 135 cm³/mol. The molecule has 0 radical (unpaired) electrons. The van der Waals surface area contributed by atoms with Gasteiger partial charge in [-0.05, 0) is 58.8 Å². The molecule has 0 bridgehead atoms. The minimum atomic E-state index is -0.300. The molecule has 194 valence electrons. The normalized spacial score (nSPS) is 13.4. The van der Waals surface area contributed by atoms with Gasteiger partial charge in [0.2, 0.25) is 6.79 Å². The highest BCUT2D eigenvalue weighted by atomic mass is 19.1. The minimum Gasteiger partial charge on any atom is -0.468 e. The highest BCUT2D eigenvalue weighted by Crippen LogP contribution is 2.35. The summed E-state index contributed by atoms with van der Waals surface area (Å²) >= 11 is 0. The van der Waals surface area contributed by atoms with Crippen LogP contribution in [-0.4, -0.2) is 36.9 Å². The lowest BCUT2D eigenvalue weighted by molar-refractivity contribution is 0.149. The van der Waals surface area contributed by atoms with Crippen LogP contribution in [0.3, 0.4) is 0 Å². The number of H-pyrrole nitrogens is 1. The fraction of sp³-hybridized carbons (Fsp3) is 0.259. The van der Waals surface area contributed by atoms with E-state index in [1.54, 1.807) is 29.1 Å². The van der Waals surface area contributed by atoms with Crippen LogP contribution in [0.4, 0.5) is 4.39 Å². The maximum absolute atomic E-state index is 13.4. The second-order valence-corrected chi connectivity index (χ2v) is 9.15. The number of hydrogen-bond acceptors (Lipinski definition) is 8. The molecule has 0 saturated heterocycles. The molecule has 3 aromatic heterocycles. The van der Waals surface area contributed by atoms with Gasteiger partial charge in [-0.1, -0.05) is 19.1 Å². The third-order valence-electron chi connectivity index (χ3n) is 6.66. The molecule has 11 heteroatoms. The molecule has 2 aromatic carbocycles. The van der Waals surface area contributed by atoms with Crippen LogP contribution in [0.1, 0.15) is 42.1 Å². The fourth-order valence-electron chi connectivity index (χ4n) is 4.79. The molecule has 10 nitrogen and oxygen atoms in total. The van der Waals surface area contributed by atoms with E-state index in [0.717, 1.165) is 16.7 Å². The molecule has 38 heavy (non-hydrogen) atoms. The average molecular weight is 517 g/mol. The Labute approximate surface area is 216 Å². The number of rotatable bonds is 9. The van der Waals surface area contributed by atoms with Crippen LogP contribution in [0.15, 0.2) is 70.1 Å². The standard InChI is InChI=1S/C27H25FN6O4/c1-2-23(26-30-31-32-34(26)13-17-5-7-20(28)8-6-17)33(15-21-4-3-9-36-21)14-19-10-18-11-24-25(38-16-37-24)12-22(18)29-27(19)35/h3-12,23H,2,13-16H2,1H3,(H,29,35). The average Bonchev–Trinajstić information content (AvgIpc) is 3.68. The van der Waals surface area contributed by atoms with Gasteiger partial charge < -0.3 is 18.9 Å². The summed E-state index contributed by atoms with van der Waals surface area (Å²) in [7, 11) is 0. The van der Waals surface area contributed by atoms with Crippen LogP contribution >= 0.6 is 0 Å².